The van der Waals surface area contributed by atoms with E-state index >= 15 is 0 Å². The van der Waals surface area contributed by atoms with Gasteiger partial charge in [0.05, 0.1) is 11.6 Å². The molecule has 0 spiro atoms. The number of rotatable bonds is 6. The summed E-state index contributed by atoms with van der Waals surface area (Å²) in [5.41, 5.74) is 3.99. The van der Waals surface area contributed by atoms with E-state index in [1.165, 1.54) is 4.90 Å². The molecule has 3 aromatic rings. The molecule has 1 heterocycles. The first-order valence-electron chi connectivity index (χ1n) is 11.3. The Bertz CT molecular complexity index is 1250. The number of aliphatic hydroxyl groups is 1. The fourth-order valence-electron chi connectivity index (χ4n) is 4.41. The predicted octanol–water partition coefficient (Wildman–Crippen LogP) is 6.23. The minimum atomic E-state index is -0.740. The van der Waals surface area contributed by atoms with Crippen LogP contribution in [0.15, 0.2) is 82.8 Å². The van der Waals surface area contributed by atoms with Gasteiger partial charge in [-0.3, -0.25) is 14.5 Å². The van der Waals surface area contributed by atoms with E-state index in [0.717, 1.165) is 34.4 Å². The van der Waals surface area contributed by atoms with Crippen LogP contribution in [0, 0.1) is 6.92 Å². The molecule has 1 atom stereocenters. The maximum atomic E-state index is 13.3. The first-order chi connectivity index (χ1) is 16.3. The lowest BCUT2D eigenvalue weighted by atomic mass is 9.95. The van der Waals surface area contributed by atoms with E-state index in [-0.39, 0.29) is 11.3 Å². The van der Waals surface area contributed by atoms with Gasteiger partial charge in [-0.2, -0.15) is 0 Å². The van der Waals surface area contributed by atoms with Gasteiger partial charge in [0.15, 0.2) is 0 Å². The van der Waals surface area contributed by atoms with Crippen molar-refractivity contribution in [1.82, 2.24) is 0 Å². The van der Waals surface area contributed by atoms with Crippen LogP contribution < -0.4 is 9.80 Å². The second-order valence-corrected chi connectivity index (χ2v) is 9.19. The fraction of sp³-hybridized carbons (Fsp3) is 0.214. The summed E-state index contributed by atoms with van der Waals surface area (Å²) in [7, 11) is 0. The molecule has 1 aliphatic heterocycles. The Balaban J connectivity index is 1.90. The van der Waals surface area contributed by atoms with Crippen LogP contribution in [0.1, 0.15) is 36.6 Å². The highest BCUT2D eigenvalue weighted by molar-refractivity contribution is 9.10. The van der Waals surface area contributed by atoms with Crippen molar-refractivity contribution in [3.63, 3.8) is 0 Å². The maximum Gasteiger partial charge on any atom is 0.300 e. The summed E-state index contributed by atoms with van der Waals surface area (Å²) < 4.78 is 0.854. The maximum absolute atomic E-state index is 13.3. The van der Waals surface area contributed by atoms with Crippen LogP contribution in [0.4, 0.5) is 11.4 Å². The SMILES string of the molecule is CCN(CC)c1ccc(C2/C(=C(\O)c3ccc(Br)cc3)C(=O)C(=O)N2c2cccc(C)c2)cc1. The monoisotopic (exact) mass is 518 g/mol. The molecular formula is C28H27BrN2O3. The van der Waals surface area contributed by atoms with Crippen LogP contribution in [0.5, 0.6) is 0 Å². The van der Waals surface area contributed by atoms with Gasteiger partial charge in [-0.1, -0.05) is 52.3 Å². The highest BCUT2D eigenvalue weighted by Gasteiger charge is 2.47. The molecule has 1 saturated heterocycles. The van der Waals surface area contributed by atoms with Crippen molar-refractivity contribution in [1.29, 1.82) is 0 Å². The Morgan fingerprint density at radius 3 is 2.21 bits per heavy atom. The molecule has 4 rings (SSSR count). The van der Waals surface area contributed by atoms with Crippen molar-refractivity contribution in [2.45, 2.75) is 26.8 Å². The van der Waals surface area contributed by atoms with Crippen molar-refractivity contribution >= 4 is 44.8 Å². The number of Topliss-reactive ketones (excluding diaryl/α,β-unsaturated/α-hetero) is 1. The van der Waals surface area contributed by atoms with Crippen molar-refractivity contribution in [2.75, 3.05) is 22.9 Å². The number of carbonyl (C=O) groups excluding carboxylic acids is 2. The molecular weight excluding hydrogens is 492 g/mol. The van der Waals surface area contributed by atoms with Gasteiger partial charge in [-0.05, 0) is 68.3 Å². The first-order valence-corrected chi connectivity index (χ1v) is 12.1. The quantitative estimate of drug-likeness (QED) is 0.238. The number of carbonyl (C=O) groups is 2. The van der Waals surface area contributed by atoms with E-state index in [4.69, 9.17) is 0 Å². The van der Waals surface area contributed by atoms with Gasteiger partial charge >= 0.3 is 0 Å². The second-order valence-electron chi connectivity index (χ2n) is 8.28. The van der Waals surface area contributed by atoms with Crippen molar-refractivity contribution in [3.05, 3.63) is 99.5 Å². The van der Waals surface area contributed by atoms with Crippen molar-refractivity contribution < 1.29 is 14.7 Å². The second kappa shape index (κ2) is 9.85. The Morgan fingerprint density at radius 2 is 1.62 bits per heavy atom. The Hall–Kier alpha value is -3.38. The summed E-state index contributed by atoms with van der Waals surface area (Å²) in [6.45, 7) is 7.89. The molecule has 1 N–H and O–H groups in total. The zero-order valence-electron chi connectivity index (χ0n) is 19.5. The molecule has 0 radical (unpaired) electrons. The molecule has 1 unspecified atom stereocenters. The average molecular weight is 519 g/mol. The zero-order valence-corrected chi connectivity index (χ0v) is 21.0. The first kappa shape index (κ1) is 23.8. The normalized spacial score (nSPS) is 17.3. The molecule has 5 nitrogen and oxygen atoms in total. The van der Waals surface area contributed by atoms with E-state index < -0.39 is 17.7 Å². The predicted molar refractivity (Wildman–Crippen MR) is 140 cm³/mol. The molecule has 0 bridgehead atoms. The van der Waals surface area contributed by atoms with E-state index in [1.807, 2.05) is 55.5 Å². The van der Waals surface area contributed by atoms with Crippen LogP contribution >= 0.6 is 15.9 Å². The van der Waals surface area contributed by atoms with Gasteiger partial charge in [0.1, 0.15) is 5.76 Å². The Labute approximate surface area is 208 Å². The van der Waals surface area contributed by atoms with Gasteiger partial charge in [0.2, 0.25) is 0 Å². The Kier molecular flexibility index (Phi) is 6.89. The van der Waals surface area contributed by atoms with Crippen molar-refractivity contribution in [2.24, 2.45) is 0 Å². The van der Waals surface area contributed by atoms with Crippen molar-refractivity contribution in [3.8, 4) is 0 Å². The third-order valence-electron chi connectivity index (χ3n) is 6.18. The number of aryl methyl sites for hydroxylation is 1. The van der Waals surface area contributed by atoms with E-state index in [1.54, 1.807) is 24.3 Å². The largest absolute Gasteiger partial charge is 0.507 e. The van der Waals surface area contributed by atoms with Gasteiger partial charge in [-0.25, -0.2) is 0 Å². The number of hydrogen-bond acceptors (Lipinski definition) is 4. The lowest BCUT2D eigenvalue weighted by Gasteiger charge is -2.27. The van der Waals surface area contributed by atoms with Crippen LogP contribution in [0.25, 0.3) is 5.76 Å². The summed E-state index contributed by atoms with van der Waals surface area (Å²) in [5, 5.41) is 11.2. The smallest absolute Gasteiger partial charge is 0.300 e. The number of nitrogens with zero attached hydrogens (tertiary/aromatic N) is 2. The molecule has 1 amide bonds. The standard InChI is InChI=1S/C28H27BrN2O3/c1-4-30(5-2)22-15-11-19(12-16-22)25-24(26(32)20-9-13-21(29)14-10-20)27(33)28(34)31(25)23-8-6-7-18(3)17-23/h6-17,25,32H,4-5H2,1-3H3/b26-24+. The lowest BCUT2D eigenvalue weighted by Crippen LogP contribution is -2.29. The van der Waals surface area contributed by atoms with Crippen LogP contribution in [-0.4, -0.2) is 29.9 Å². The molecule has 6 heteroatoms. The molecule has 0 saturated carbocycles. The molecule has 174 valence electrons. The van der Waals surface area contributed by atoms with Crippen LogP contribution in [-0.2, 0) is 9.59 Å². The number of ketones is 1. The fourth-order valence-corrected chi connectivity index (χ4v) is 4.68. The number of anilines is 2. The molecule has 1 fully saturated rings. The summed E-state index contributed by atoms with van der Waals surface area (Å²) in [4.78, 5) is 30.3. The topological polar surface area (TPSA) is 60.9 Å². The molecule has 0 aliphatic carbocycles. The van der Waals surface area contributed by atoms with Gasteiger partial charge < -0.3 is 10.0 Å². The van der Waals surface area contributed by atoms with E-state index in [2.05, 4.69) is 34.7 Å². The van der Waals surface area contributed by atoms with E-state index in [0.29, 0.717) is 11.3 Å². The highest BCUT2D eigenvalue weighted by Crippen LogP contribution is 2.42. The van der Waals surface area contributed by atoms with E-state index in [9.17, 15) is 14.7 Å². The van der Waals surface area contributed by atoms with Gasteiger partial charge in [-0.15, -0.1) is 0 Å². The lowest BCUT2D eigenvalue weighted by molar-refractivity contribution is -0.132. The number of aliphatic hydroxyl groups excluding tert-OH is 1. The van der Waals surface area contributed by atoms with Crippen LogP contribution in [0.3, 0.4) is 0 Å². The Morgan fingerprint density at radius 1 is 0.971 bits per heavy atom. The summed E-state index contributed by atoms with van der Waals surface area (Å²) in [6.07, 6.45) is 0. The minimum Gasteiger partial charge on any atom is -0.507 e. The number of hydrogen-bond donors (Lipinski definition) is 1. The summed E-state index contributed by atoms with van der Waals surface area (Å²) in [5.74, 6) is -1.53. The van der Waals surface area contributed by atoms with Gasteiger partial charge in [0, 0.05) is 34.5 Å². The van der Waals surface area contributed by atoms with Crippen LogP contribution in [0.2, 0.25) is 0 Å². The summed E-state index contributed by atoms with van der Waals surface area (Å²) in [6, 6.07) is 21.6. The average Bonchev–Trinajstić information content (AvgIpc) is 3.11. The summed E-state index contributed by atoms with van der Waals surface area (Å²) >= 11 is 3.39. The molecule has 0 aromatic heterocycles. The number of benzene rings is 3. The number of amides is 1. The zero-order chi connectivity index (χ0) is 24.4. The van der Waals surface area contributed by atoms with Gasteiger partial charge in [0.25, 0.3) is 11.7 Å². The molecule has 1 aliphatic rings. The molecule has 34 heavy (non-hydrogen) atoms. The molecule has 3 aromatic carbocycles. The highest BCUT2D eigenvalue weighted by atomic mass is 79.9. The third-order valence-corrected chi connectivity index (χ3v) is 6.71. The number of halogens is 1. The third kappa shape index (κ3) is 4.38. The minimum absolute atomic E-state index is 0.0874.